The molecule has 3 N–H and O–H groups in total. The van der Waals surface area contributed by atoms with Gasteiger partial charge in [0, 0.05) is 18.8 Å². The number of nitrogens with zero attached hydrogens (tertiary/aromatic N) is 4. The fourth-order valence-corrected chi connectivity index (χ4v) is 3.70. The highest BCUT2D eigenvalue weighted by Gasteiger charge is 2.30. The molecule has 9 nitrogen and oxygen atoms in total. The summed E-state index contributed by atoms with van der Waals surface area (Å²) in [5.41, 5.74) is -0.0993. The Balaban J connectivity index is 1.36. The summed E-state index contributed by atoms with van der Waals surface area (Å²) in [4.78, 5) is 13.7. The van der Waals surface area contributed by atoms with Gasteiger partial charge in [-0.15, -0.1) is 4.72 Å². The van der Waals surface area contributed by atoms with Gasteiger partial charge >= 0.3 is 6.18 Å². The van der Waals surface area contributed by atoms with E-state index in [1.54, 1.807) is 11.0 Å². The Hall–Kier alpha value is -3.36. The molecule has 34 heavy (non-hydrogen) atoms. The van der Waals surface area contributed by atoms with Crippen molar-refractivity contribution in [1.82, 2.24) is 15.0 Å². The van der Waals surface area contributed by atoms with E-state index in [0.29, 0.717) is 32.0 Å². The molecular weight excluding hydrogens is 478 g/mol. The number of aromatic nitrogens is 3. The summed E-state index contributed by atoms with van der Waals surface area (Å²) in [6.07, 6.45) is -2.09. The highest BCUT2D eigenvalue weighted by Crippen LogP contribution is 2.31. The first kappa shape index (κ1) is 23.8. The highest BCUT2D eigenvalue weighted by molar-refractivity contribution is 7.93. The molecular formula is C20H19F4N7O2S. The van der Waals surface area contributed by atoms with Crippen molar-refractivity contribution >= 4 is 40.5 Å². The van der Waals surface area contributed by atoms with Crippen molar-refractivity contribution in [2.45, 2.75) is 6.18 Å². The summed E-state index contributed by atoms with van der Waals surface area (Å²) < 4.78 is 75.4. The van der Waals surface area contributed by atoms with E-state index in [0.717, 1.165) is 18.3 Å². The van der Waals surface area contributed by atoms with Crippen LogP contribution in [0.25, 0.3) is 0 Å². The van der Waals surface area contributed by atoms with E-state index in [9.17, 15) is 22.1 Å². The average Bonchev–Trinajstić information content (AvgIpc) is 2.82. The van der Waals surface area contributed by atoms with Gasteiger partial charge in [0.1, 0.15) is 0 Å². The second kappa shape index (κ2) is 10.3. The molecule has 0 bridgehead atoms. The molecule has 0 spiro atoms. The lowest BCUT2D eigenvalue weighted by atomic mass is 10.2. The normalized spacial score (nSPS) is 15.0. The first-order valence-corrected chi connectivity index (χ1v) is 11.1. The van der Waals surface area contributed by atoms with Crippen LogP contribution in [0.2, 0.25) is 0 Å². The van der Waals surface area contributed by atoms with Gasteiger partial charge in [0.05, 0.1) is 36.9 Å². The molecule has 14 heteroatoms. The van der Waals surface area contributed by atoms with Crippen LogP contribution in [-0.2, 0) is 22.5 Å². The van der Waals surface area contributed by atoms with Crippen molar-refractivity contribution in [2.24, 2.45) is 0 Å². The molecule has 1 aromatic carbocycles. The number of anilines is 5. The van der Waals surface area contributed by atoms with Crippen LogP contribution >= 0.6 is 0 Å². The molecule has 0 aliphatic carbocycles. The van der Waals surface area contributed by atoms with Crippen LogP contribution in [0.4, 0.5) is 46.5 Å². The number of benzene rings is 1. The number of ether oxygens (including phenoxy) is 1. The number of alkyl halides is 3. The lowest BCUT2D eigenvalue weighted by molar-refractivity contribution is -0.137. The van der Waals surface area contributed by atoms with Gasteiger partial charge in [-0.25, -0.2) is 14.4 Å². The highest BCUT2D eigenvalue weighted by atomic mass is 32.2. The van der Waals surface area contributed by atoms with Gasteiger partial charge in [0.25, 0.3) is 5.95 Å². The Morgan fingerprint density at radius 1 is 1.00 bits per heavy atom. The summed E-state index contributed by atoms with van der Waals surface area (Å²) in [6.45, 7) is 1.84. The molecule has 4 rings (SSSR count). The van der Waals surface area contributed by atoms with E-state index in [2.05, 4.69) is 29.7 Å². The molecule has 0 saturated carbocycles. The Labute approximate surface area is 195 Å². The first-order valence-electron chi connectivity index (χ1n) is 9.98. The molecule has 180 valence electrons. The number of hydrogen-bond acceptors (Lipinski definition) is 9. The summed E-state index contributed by atoms with van der Waals surface area (Å²) in [5, 5.41) is 2.83. The number of rotatable bonds is 7. The second-order valence-corrected chi connectivity index (χ2v) is 8.02. The number of pyridine rings is 1. The van der Waals surface area contributed by atoms with Crippen molar-refractivity contribution in [3.8, 4) is 0 Å². The zero-order valence-electron chi connectivity index (χ0n) is 17.5. The summed E-state index contributed by atoms with van der Waals surface area (Å²) in [5.74, 6) is -0.342. The van der Waals surface area contributed by atoms with Crippen LogP contribution in [0.15, 0.2) is 48.8 Å². The predicted octanol–water partition coefficient (Wildman–Crippen LogP) is 3.71. The quantitative estimate of drug-likeness (QED) is 0.332. The van der Waals surface area contributed by atoms with Crippen LogP contribution < -0.4 is 19.7 Å². The molecule has 2 aromatic heterocycles. The third-order valence-corrected chi connectivity index (χ3v) is 5.42. The van der Waals surface area contributed by atoms with E-state index in [-0.39, 0.29) is 23.3 Å². The number of hydrogen-bond donors (Lipinski definition) is 3. The van der Waals surface area contributed by atoms with Gasteiger partial charge < -0.3 is 19.5 Å². The minimum absolute atomic E-state index is 0.0449. The largest absolute Gasteiger partial charge is 0.568 e. The van der Waals surface area contributed by atoms with Crippen molar-refractivity contribution in [1.29, 1.82) is 0 Å². The Morgan fingerprint density at radius 3 is 2.50 bits per heavy atom. The second-order valence-electron chi connectivity index (χ2n) is 7.07. The summed E-state index contributed by atoms with van der Waals surface area (Å²) >= 11 is -1.90. The van der Waals surface area contributed by atoms with Crippen LogP contribution in [-0.4, -0.2) is 45.8 Å². The van der Waals surface area contributed by atoms with E-state index in [4.69, 9.17) is 4.74 Å². The van der Waals surface area contributed by atoms with E-state index >= 15 is 0 Å². The van der Waals surface area contributed by atoms with E-state index < -0.39 is 29.1 Å². The first-order chi connectivity index (χ1) is 16.3. The third kappa shape index (κ3) is 6.15. The molecule has 1 unspecified atom stereocenters. The lowest BCUT2D eigenvalue weighted by Gasteiger charge is -2.28. The molecule has 1 aliphatic rings. The Bertz CT molecular complexity index is 1110. The fourth-order valence-electron chi connectivity index (χ4n) is 3.08. The zero-order chi connectivity index (χ0) is 24.1. The topological polar surface area (TPSA) is 110 Å². The Kier molecular flexibility index (Phi) is 7.19. The van der Waals surface area contributed by atoms with Crippen LogP contribution in [0, 0.1) is 5.82 Å². The summed E-state index contributed by atoms with van der Waals surface area (Å²) in [7, 11) is 0. The van der Waals surface area contributed by atoms with Crippen molar-refractivity contribution < 1.29 is 26.9 Å². The molecule has 1 saturated heterocycles. The van der Waals surface area contributed by atoms with E-state index in [1.807, 2.05) is 0 Å². The lowest BCUT2D eigenvalue weighted by Crippen LogP contribution is -2.37. The molecule has 3 heterocycles. The van der Waals surface area contributed by atoms with Crippen molar-refractivity contribution in [2.75, 3.05) is 46.0 Å². The predicted molar refractivity (Wildman–Crippen MR) is 119 cm³/mol. The minimum Gasteiger partial charge on any atom is -0.568 e. The molecule has 1 atom stereocenters. The van der Waals surface area contributed by atoms with Crippen LogP contribution in [0.1, 0.15) is 5.56 Å². The average molecular weight is 497 g/mol. The molecule has 1 fully saturated rings. The Morgan fingerprint density at radius 2 is 1.79 bits per heavy atom. The van der Waals surface area contributed by atoms with Gasteiger partial charge in [0.15, 0.2) is 29.0 Å². The third-order valence-electron chi connectivity index (χ3n) is 4.66. The van der Waals surface area contributed by atoms with Gasteiger partial charge in [-0.1, -0.05) is 6.07 Å². The fraction of sp³-hybridized carbons (Fsp3) is 0.250. The van der Waals surface area contributed by atoms with Gasteiger partial charge in [0.2, 0.25) is 0 Å². The standard InChI is InChI=1S/C20H19F4N7O2S/c21-16-12-26-19(28-18(16)31-6-8-33-9-7-31)30-34(32)29-17-5-4-15(11-25-17)27-14-3-1-2-13(10-14)20(22,23)24/h1-5,10-12,27H,6-9H2,(H,25,29)(H,26,28,30). The minimum atomic E-state index is -4.45. The van der Waals surface area contributed by atoms with Crippen LogP contribution in [0.5, 0.6) is 0 Å². The maximum atomic E-state index is 14.1. The van der Waals surface area contributed by atoms with Gasteiger partial charge in [-0.3, -0.25) is 0 Å². The number of nitrogens with one attached hydrogen (secondary N) is 3. The SMILES string of the molecule is [O-][S+](Nc1ccc(Nc2cccc(C(F)(F)F)c2)cn1)Nc1ncc(F)c(N2CCOCC2)n1. The zero-order valence-corrected chi connectivity index (χ0v) is 18.3. The van der Waals surface area contributed by atoms with Crippen molar-refractivity contribution in [3.05, 3.63) is 60.2 Å². The number of morpholine rings is 1. The van der Waals surface area contributed by atoms with Gasteiger partial charge in [-0.2, -0.15) is 22.9 Å². The van der Waals surface area contributed by atoms with Crippen molar-refractivity contribution in [3.63, 3.8) is 0 Å². The maximum Gasteiger partial charge on any atom is 0.416 e. The van der Waals surface area contributed by atoms with E-state index in [1.165, 1.54) is 24.4 Å². The van der Waals surface area contributed by atoms with Gasteiger partial charge in [-0.05, 0) is 30.3 Å². The number of halogens is 4. The summed E-state index contributed by atoms with van der Waals surface area (Å²) in [6, 6.07) is 7.80. The molecule has 0 amide bonds. The monoisotopic (exact) mass is 497 g/mol. The molecule has 3 aromatic rings. The van der Waals surface area contributed by atoms with Crippen LogP contribution in [0.3, 0.4) is 0 Å². The molecule has 0 radical (unpaired) electrons. The maximum absolute atomic E-state index is 14.1. The smallest absolute Gasteiger partial charge is 0.416 e. The molecule has 1 aliphatic heterocycles.